The number of aryl methyl sites for hydroxylation is 1. The molecule has 0 radical (unpaired) electrons. The molecule has 1 heterocycles. The van der Waals surface area contributed by atoms with Gasteiger partial charge in [0, 0.05) is 18.7 Å². The van der Waals surface area contributed by atoms with Crippen LogP contribution in [0, 0.1) is 0 Å². The summed E-state index contributed by atoms with van der Waals surface area (Å²) in [6, 6.07) is 22.6. The molecule has 0 atom stereocenters. The average molecular weight is 291 g/mol. The van der Waals surface area contributed by atoms with Crippen molar-refractivity contribution in [3.05, 3.63) is 88.7 Å². The van der Waals surface area contributed by atoms with Crippen molar-refractivity contribution < 1.29 is 5.11 Å². The van der Waals surface area contributed by atoms with Crippen LogP contribution in [-0.4, -0.2) is 9.67 Å². The molecule has 110 valence electrons. The van der Waals surface area contributed by atoms with Gasteiger partial charge in [0.2, 0.25) is 0 Å². The van der Waals surface area contributed by atoms with Gasteiger partial charge in [-0.1, -0.05) is 60.7 Å². The van der Waals surface area contributed by atoms with E-state index in [9.17, 15) is 9.90 Å². The lowest BCUT2D eigenvalue weighted by molar-refractivity contribution is 0.471. The highest BCUT2D eigenvalue weighted by Gasteiger charge is 2.08. The van der Waals surface area contributed by atoms with Crippen LogP contribution in [0.25, 0.3) is 11.3 Å². The summed E-state index contributed by atoms with van der Waals surface area (Å²) in [6.07, 6.45) is 0.769. The highest BCUT2D eigenvalue weighted by Crippen LogP contribution is 2.21. The van der Waals surface area contributed by atoms with E-state index < -0.39 is 0 Å². The predicted octanol–water partition coefficient (Wildman–Crippen LogP) is 3.46. The first-order valence-corrected chi connectivity index (χ1v) is 7.27. The standard InChI is InChI=1S/C19H17NO2/c21-17-13-18(16-9-5-2-6-10-16)20(19(22)14-17)12-11-15-7-3-1-4-8-15/h1-10,13-14,21H,11-12H2. The third kappa shape index (κ3) is 3.09. The summed E-state index contributed by atoms with van der Waals surface area (Å²) in [6.45, 7) is 0.577. The van der Waals surface area contributed by atoms with E-state index in [1.807, 2.05) is 60.7 Å². The lowest BCUT2D eigenvalue weighted by atomic mass is 10.1. The van der Waals surface area contributed by atoms with Crippen LogP contribution >= 0.6 is 0 Å². The fraction of sp³-hybridized carbons (Fsp3) is 0.105. The minimum Gasteiger partial charge on any atom is -0.508 e. The molecule has 0 fully saturated rings. The highest BCUT2D eigenvalue weighted by atomic mass is 16.3. The molecule has 0 bridgehead atoms. The quantitative estimate of drug-likeness (QED) is 0.800. The zero-order valence-electron chi connectivity index (χ0n) is 12.1. The first kappa shape index (κ1) is 14.1. The summed E-state index contributed by atoms with van der Waals surface area (Å²) in [4.78, 5) is 12.3. The Bertz CT molecular complexity index is 808. The van der Waals surface area contributed by atoms with Crippen LogP contribution in [0.5, 0.6) is 5.75 Å². The maximum atomic E-state index is 12.3. The number of aromatic hydroxyl groups is 1. The molecule has 1 aromatic heterocycles. The number of hydrogen-bond acceptors (Lipinski definition) is 2. The predicted molar refractivity (Wildman–Crippen MR) is 87.9 cm³/mol. The van der Waals surface area contributed by atoms with Gasteiger partial charge in [-0.25, -0.2) is 0 Å². The van der Waals surface area contributed by atoms with Crippen molar-refractivity contribution in [2.45, 2.75) is 13.0 Å². The van der Waals surface area contributed by atoms with Crippen molar-refractivity contribution in [1.82, 2.24) is 4.57 Å². The molecule has 0 aliphatic rings. The molecule has 3 aromatic rings. The van der Waals surface area contributed by atoms with Gasteiger partial charge in [-0.3, -0.25) is 4.79 Å². The van der Waals surface area contributed by atoms with Gasteiger partial charge in [-0.2, -0.15) is 0 Å². The zero-order valence-corrected chi connectivity index (χ0v) is 12.1. The first-order chi connectivity index (χ1) is 10.7. The van der Waals surface area contributed by atoms with Crippen LogP contribution in [-0.2, 0) is 13.0 Å². The second-order valence-corrected chi connectivity index (χ2v) is 5.19. The van der Waals surface area contributed by atoms with E-state index in [2.05, 4.69) is 0 Å². The van der Waals surface area contributed by atoms with Crippen molar-refractivity contribution in [2.75, 3.05) is 0 Å². The molecule has 0 unspecified atom stereocenters. The molecule has 0 aliphatic heterocycles. The Labute approximate surface area is 129 Å². The maximum Gasteiger partial charge on any atom is 0.254 e. The maximum absolute atomic E-state index is 12.3. The summed E-state index contributed by atoms with van der Waals surface area (Å²) in [7, 11) is 0. The molecule has 3 rings (SSSR count). The Morgan fingerprint density at radius 2 is 1.50 bits per heavy atom. The van der Waals surface area contributed by atoms with Crippen molar-refractivity contribution >= 4 is 0 Å². The van der Waals surface area contributed by atoms with Gasteiger partial charge in [0.15, 0.2) is 0 Å². The number of hydrogen-bond donors (Lipinski definition) is 1. The van der Waals surface area contributed by atoms with Crippen LogP contribution in [0.2, 0.25) is 0 Å². The van der Waals surface area contributed by atoms with Gasteiger partial charge in [0.05, 0.1) is 5.69 Å². The molecular weight excluding hydrogens is 274 g/mol. The molecule has 3 nitrogen and oxygen atoms in total. The minimum atomic E-state index is -0.185. The molecule has 3 heteroatoms. The largest absolute Gasteiger partial charge is 0.508 e. The number of benzene rings is 2. The van der Waals surface area contributed by atoms with E-state index in [1.54, 1.807) is 10.6 Å². The van der Waals surface area contributed by atoms with Gasteiger partial charge < -0.3 is 9.67 Å². The van der Waals surface area contributed by atoms with Gasteiger partial charge in [0.25, 0.3) is 5.56 Å². The third-order valence-corrected chi connectivity index (χ3v) is 3.65. The molecule has 2 aromatic carbocycles. The minimum absolute atomic E-state index is 0.000172. The topological polar surface area (TPSA) is 42.2 Å². The summed E-state index contributed by atoms with van der Waals surface area (Å²) >= 11 is 0. The second kappa shape index (κ2) is 6.31. The Hall–Kier alpha value is -2.81. The van der Waals surface area contributed by atoms with Crippen molar-refractivity contribution in [2.24, 2.45) is 0 Å². The Morgan fingerprint density at radius 3 is 2.18 bits per heavy atom. The molecule has 0 saturated heterocycles. The smallest absolute Gasteiger partial charge is 0.254 e. The summed E-state index contributed by atoms with van der Waals surface area (Å²) < 4.78 is 1.71. The number of nitrogens with zero attached hydrogens (tertiary/aromatic N) is 1. The number of pyridine rings is 1. The van der Waals surface area contributed by atoms with Crippen LogP contribution in [0.1, 0.15) is 5.56 Å². The Balaban J connectivity index is 1.98. The molecule has 1 N–H and O–H groups in total. The third-order valence-electron chi connectivity index (χ3n) is 3.65. The van der Waals surface area contributed by atoms with Gasteiger partial charge >= 0.3 is 0 Å². The van der Waals surface area contributed by atoms with Crippen molar-refractivity contribution in [3.63, 3.8) is 0 Å². The Kier molecular flexibility index (Phi) is 4.05. The lowest BCUT2D eigenvalue weighted by Gasteiger charge is -2.13. The second-order valence-electron chi connectivity index (χ2n) is 5.19. The fourth-order valence-electron chi connectivity index (χ4n) is 2.55. The van der Waals surface area contributed by atoms with Crippen molar-refractivity contribution in [1.29, 1.82) is 0 Å². The monoisotopic (exact) mass is 291 g/mol. The summed E-state index contributed by atoms with van der Waals surface area (Å²) in [5.41, 5.74) is 2.65. The zero-order chi connectivity index (χ0) is 15.4. The normalized spacial score (nSPS) is 10.5. The van der Waals surface area contributed by atoms with E-state index >= 15 is 0 Å². The van der Waals surface area contributed by atoms with Gasteiger partial charge in [-0.05, 0) is 17.5 Å². The summed E-state index contributed by atoms with van der Waals surface area (Å²) in [5.74, 6) is -0.000172. The average Bonchev–Trinajstić information content (AvgIpc) is 2.55. The van der Waals surface area contributed by atoms with Crippen LogP contribution in [0.15, 0.2) is 77.6 Å². The molecule has 0 amide bonds. The van der Waals surface area contributed by atoms with E-state index in [1.165, 1.54) is 11.6 Å². The Morgan fingerprint density at radius 1 is 0.864 bits per heavy atom. The van der Waals surface area contributed by atoms with E-state index in [0.717, 1.165) is 17.7 Å². The van der Waals surface area contributed by atoms with Crippen LogP contribution in [0.4, 0.5) is 0 Å². The first-order valence-electron chi connectivity index (χ1n) is 7.27. The van der Waals surface area contributed by atoms with Gasteiger partial charge in [-0.15, -0.1) is 0 Å². The van der Waals surface area contributed by atoms with E-state index in [0.29, 0.717) is 6.54 Å². The van der Waals surface area contributed by atoms with E-state index in [4.69, 9.17) is 0 Å². The highest BCUT2D eigenvalue weighted by molar-refractivity contribution is 5.61. The SMILES string of the molecule is O=c1cc(O)cc(-c2ccccc2)n1CCc1ccccc1. The lowest BCUT2D eigenvalue weighted by Crippen LogP contribution is -2.21. The molecular formula is C19H17NO2. The van der Waals surface area contributed by atoms with Crippen LogP contribution < -0.4 is 5.56 Å². The van der Waals surface area contributed by atoms with E-state index in [-0.39, 0.29) is 11.3 Å². The van der Waals surface area contributed by atoms with Gasteiger partial charge in [0.1, 0.15) is 5.75 Å². The molecule has 22 heavy (non-hydrogen) atoms. The molecule has 0 spiro atoms. The fourth-order valence-corrected chi connectivity index (χ4v) is 2.55. The van der Waals surface area contributed by atoms with Crippen molar-refractivity contribution in [3.8, 4) is 17.0 Å². The number of rotatable bonds is 4. The molecule has 0 saturated carbocycles. The number of aromatic nitrogens is 1. The molecule has 0 aliphatic carbocycles. The van der Waals surface area contributed by atoms with Crippen LogP contribution in [0.3, 0.4) is 0 Å². The summed E-state index contributed by atoms with van der Waals surface area (Å²) in [5, 5.41) is 9.75.